The number of carbonyl (C=O) groups is 2. The van der Waals surface area contributed by atoms with Crippen LogP contribution >= 0.6 is 0 Å². The Morgan fingerprint density at radius 2 is 1.54 bits per heavy atom. The molecular formula is C30H33N5O2. The van der Waals surface area contributed by atoms with Crippen molar-refractivity contribution < 1.29 is 9.59 Å². The van der Waals surface area contributed by atoms with Crippen molar-refractivity contribution in [3.63, 3.8) is 0 Å². The molecular weight excluding hydrogens is 462 g/mol. The largest absolute Gasteiger partial charge is 0.322 e. The van der Waals surface area contributed by atoms with E-state index in [0.29, 0.717) is 18.1 Å². The maximum absolute atomic E-state index is 13.3. The van der Waals surface area contributed by atoms with Crippen LogP contribution in [0.3, 0.4) is 0 Å². The average Bonchev–Trinajstić information content (AvgIpc) is 3.20. The van der Waals surface area contributed by atoms with Gasteiger partial charge in [-0.15, -0.1) is 0 Å². The lowest BCUT2D eigenvalue weighted by molar-refractivity contribution is -0.116. The van der Waals surface area contributed by atoms with E-state index in [1.165, 1.54) is 4.90 Å². The van der Waals surface area contributed by atoms with Crippen LogP contribution in [0.1, 0.15) is 29.3 Å². The van der Waals surface area contributed by atoms with Crippen molar-refractivity contribution in [2.24, 2.45) is 0 Å². The highest BCUT2D eigenvalue weighted by Gasteiger charge is 2.23. The lowest BCUT2D eigenvalue weighted by Crippen LogP contribution is -2.40. The summed E-state index contributed by atoms with van der Waals surface area (Å²) in [5.74, 6) is 0.276. The van der Waals surface area contributed by atoms with Crippen molar-refractivity contribution in [2.45, 2.75) is 34.6 Å². The van der Waals surface area contributed by atoms with Crippen molar-refractivity contribution in [3.8, 4) is 16.8 Å². The summed E-state index contributed by atoms with van der Waals surface area (Å²) in [4.78, 5) is 27.8. The first kappa shape index (κ1) is 25.7. The highest BCUT2D eigenvalue weighted by atomic mass is 16.2. The number of aromatic nitrogens is 2. The fraction of sp³-hybridized carbons (Fsp3) is 0.233. The van der Waals surface area contributed by atoms with Gasteiger partial charge < -0.3 is 15.5 Å². The molecule has 3 amide bonds. The molecule has 7 heteroatoms. The number of nitrogens with zero attached hydrogens (tertiary/aromatic N) is 3. The third-order valence-electron chi connectivity index (χ3n) is 6.49. The summed E-state index contributed by atoms with van der Waals surface area (Å²) in [6.07, 6.45) is 0. The first-order chi connectivity index (χ1) is 17.8. The summed E-state index contributed by atoms with van der Waals surface area (Å²) in [7, 11) is 0. The summed E-state index contributed by atoms with van der Waals surface area (Å²) < 4.78 is 1.77. The van der Waals surface area contributed by atoms with Crippen molar-refractivity contribution in [2.75, 3.05) is 23.7 Å². The second-order valence-electron chi connectivity index (χ2n) is 9.16. The maximum atomic E-state index is 13.3. The molecule has 190 valence electrons. The fourth-order valence-corrected chi connectivity index (χ4v) is 4.26. The molecule has 0 saturated heterocycles. The SMILES string of the molecule is CCN(CC(=O)Nc1c(-c2ccccc2)c(C)nn1-c1ccccc1C)C(=O)Nc1ccc(C)c(C)c1. The third-order valence-corrected chi connectivity index (χ3v) is 6.49. The van der Waals surface area contributed by atoms with Crippen molar-refractivity contribution in [1.29, 1.82) is 0 Å². The molecule has 0 radical (unpaired) electrons. The van der Waals surface area contributed by atoms with Crippen LogP contribution in [-0.4, -0.2) is 39.7 Å². The van der Waals surface area contributed by atoms with E-state index in [-0.39, 0.29) is 18.5 Å². The molecule has 37 heavy (non-hydrogen) atoms. The number of likely N-dealkylation sites (N-methyl/N-ethyl adjacent to an activating group) is 1. The summed E-state index contributed by atoms with van der Waals surface area (Å²) in [6.45, 7) is 10.1. The van der Waals surface area contributed by atoms with E-state index in [4.69, 9.17) is 5.10 Å². The number of anilines is 2. The van der Waals surface area contributed by atoms with Gasteiger partial charge >= 0.3 is 6.03 Å². The monoisotopic (exact) mass is 495 g/mol. The average molecular weight is 496 g/mol. The zero-order chi connectivity index (χ0) is 26.5. The zero-order valence-electron chi connectivity index (χ0n) is 22.0. The van der Waals surface area contributed by atoms with E-state index in [2.05, 4.69) is 10.6 Å². The minimum Gasteiger partial charge on any atom is -0.315 e. The molecule has 0 unspecified atom stereocenters. The molecule has 1 aromatic heterocycles. The Hall–Kier alpha value is -4.39. The van der Waals surface area contributed by atoms with Crippen molar-refractivity contribution in [1.82, 2.24) is 14.7 Å². The molecule has 0 bridgehead atoms. The number of rotatable bonds is 7. The van der Waals surface area contributed by atoms with E-state index >= 15 is 0 Å². The Balaban J connectivity index is 1.61. The number of aryl methyl sites for hydroxylation is 4. The zero-order valence-corrected chi connectivity index (χ0v) is 22.0. The summed E-state index contributed by atoms with van der Waals surface area (Å²) in [5, 5.41) is 10.8. The normalized spacial score (nSPS) is 10.7. The van der Waals surface area contributed by atoms with Gasteiger partial charge in [-0.25, -0.2) is 9.48 Å². The number of nitrogens with one attached hydrogen (secondary N) is 2. The van der Waals surface area contributed by atoms with Gasteiger partial charge in [-0.2, -0.15) is 5.10 Å². The van der Waals surface area contributed by atoms with Gasteiger partial charge in [0.05, 0.1) is 11.4 Å². The number of carbonyl (C=O) groups excluding carboxylic acids is 2. The molecule has 0 aliphatic heterocycles. The Kier molecular flexibility index (Phi) is 7.72. The number of hydrogen-bond donors (Lipinski definition) is 2. The van der Waals surface area contributed by atoms with Gasteiger partial charge in [-0.1, -0.05) is 54.6 Å². The standard InChI is InChI=1S/C30H33N5O2/c1-6-34(30(37)31-25-17-16-20(2)22(4)18-25)19-27(36)32-29-28(24-13-8-7-9-14-24)23(5)33-35(29)26-15-11-10-12-21(26)3/h7-18H,6,19H2,1-5H3,(H,31,37)(H,32,36). The molecule has 4 aromatic rings. The Labute approximate surface area is 218 Å². The molecule has 0 spiro atoms. The van der Waals surface area contributed by atoms with E-state index < -0.39 is 0 Å². The van der Waals surface area contributed by atoms with Gasteiger partial charge in [0.15, 0.2) is 0 Å². The highest BCUT2D eigenvalue weighted by molar-refractivity contribution is 5.99. The van der Waals surface area contributed by atoms with Crippen LogP contribution < -0.4 is 10.6 Å². The molecule has 0 atom stereocenters. The van der Waals surface area contributed by atoms with E-state index in [0.717, 1.165) is 39.2 Å². The van der Waals surface area contributed by atoms with Crippen LogP contribution in [0.25, 0.3) is 16.8 Å². The first-order valence-electron chi connectivity index (χ1n) is 12.4. The fourth-order valence-electron chi connectivity index (χ4n) is 4.26. The minimum atomic E-state index is -0.326. The Morgan fingerprint density at radius 3 is 2.22 bits per heavy atom. The molecule has 7 nitrogen and oxygen atoms in total. The predicted molar refractivity (Wildman–Crippen MR) is 149 cm³/mol. The quantitative estimate of drug-likeness (QED) is 0.317. The second-order valence-corrected chi connectivity index (χ2v) is 9.16. The highest BCUT2D eigenvalue weighted by Crippen LogP contribution is 2.34. The topological polar surface area (TPSA) is 79.3 Å². The van der Waals surface area contributed by atoms with Crippen LogP contribution in [-0.2, 0) is 4.79 Å². The lowest BCUT2D eigenvalue weighted by atomic mass is 10.1. The van der Waals surface area contributed by atoms with Crippen LogP contribution in [0.5, 0.6) is 0 Å². The number of urea groups is 1. The molecule has 0 aliphatic rings. The molecule has 0 fully saturated rings. The van der Waals surface area contributed by atoms with E-state index in [9.17, 15) is 9.59 Å². The van der Waals surface area contributed by atoms with Crippen LogP contribution in [0, 0.1) is 27.7 Å². The van der Waals surface area contributed by atoms with E-state index in [1.807, 2.05) is 107 Å². The van der Waals surface area contributed by atoms with Gasteiger partial charge in [0, 0.05) is 17.8 Å². The summed E-state index contributed by atoms with van der Waals surface area (Å²) in [6, 6.07) is 23.2. The summed E-state index contributed by atoms with van der Waals surface area (Å²) in [5.41, 5.74) is 7.45. The van der Waals surface area contributed by atoms with E-state index in [1.54, 1.807) is 4.68 Å². The smallest absolute Gasteiger partial charge is 0.315 e. The summed E-state index contributed by atoms with van der Waals surface area (Å²) >= 11 is 0. The van der Waals surface area contributed by atoms with Gasteiger partial charge in [0.25, 0.3) is 0 Å². The van der Waals surface area contributed by atoms with Crippen molar-refractivity contribution >= 4 is 23.4 Å². The van der Waals surface area contributed by atoms with Crippen molar-refractivity contribution in [3.05, 3.63) is 95.2 Å². The lowest BCUT2D eigenvalue weighted by Gasteiger charge is -2.22. The van der Waals surface area contributed by atoms with Gasteiger partial charge in [0.1, 0.15) is 12.4 Å². The van der Waals surface area contributed by atoms with Gasteiger partial charge in [-0.05, 0) is 75.1 Å². The molecule has 1 heterocycles. The number of amides is 3. The molecule has 0 aliphatic carbocycles. The molecule has 3 aromatic carbocycles. The van der Waals surface area contributed by atoms with Gasteiger partial charge in [0.2, 0.25) is 5.91 Å². The molecule has 2 N–H and O–H groups in total. The Bertz CT molecular complexity index is 1430. The predicted octanol–water partition coefficient (Wildman–Crippen LogP) is 6.27. The number of para-hydroxylation sites is 1. The minimum absolute atomic E-state index is 0.0978. The van der Waals surface area contributed by atoms with Crippen LogP contribution in [0.4, 0.5) is 16.3 Å². The maximum Gasteiger partial charge on any atom is 0.322 e. The van der Waals surface area contributed by atoms with Crippen LogP contribution in [0.15, 0.2) is 72.8 Å². The second kappa shape index (κ2) is 11.1. The molecule has 4 rings (SSSR count). The third kappa shape index (κ3) is 5.72. The number of hydrogen-bond acceptors (Lipinski definition) is 3. The van der Waals surface area contributed by atoms with Gasteiger partial charge in [-0.3, -0.25) is 4.79 Å². The first-order valence-corrected chi connectivity index (χ1v) is 12.4. The van der Waals surface area contributed by atoms with Crippen LogP contribution in [0.2, 0.25) is 0 Å². The number of benzene rings is 3. The Morgan fingerprint density at radius 1 is 0.838 bits per heavy atom. The molecule has 0 saturated carbocycles.